The van der Waals surface area contributed by atoms with Gasteiger partial charge in [0.05, 0.1) is 6.61 Å². The average Bonchev–Trinajstić information content (AvgIpc) is 3.32. The van der Waals surface area contributed by atoms with E-state index in [0.29, 0.717) is 19.4 Å². The quantitative estimate of drug-likeness (QED) is 0.0346. The van der Waals surface area contributed by atoms with Gasteiger partial charge < -0.3 is 14.2 Å². The van der Waals surface area contributed by atoms with Crippen LogP contribution in [0.1, 0.15) is 239 Å². The highest BCUT2D eigenvalue weighted by atomic mass is 16.6. The third kappa shape index (κ3) is 53.2. The smallest absolute Gasteiger partial charge is 0.306 e. The molecule has 0 aromatic rings. The number of allylic oxidation sites excluding steroid dienone is 18. The van der Waals surface area contributed by atoms with E-state index in [0.717, 1.165) is 116 Å². The molecule has 0 heterocycles. The lowest BCUT2D eigenvalue weighted by Gasteiger charge is -2.18. The predicted molar refractivity (Wildman–Crippen MR) is 288 cm³/mol. The van der Waals surface area contributed by atoms with Crippen LogP contribution < -0.4 is 0 Å². The van der Waals surface area contributed by atoms with Gasteiger partial charge in [-0.15, -0.1) is 0 Å². The molecule has 0 fully saturated rings. The Balaban J connectivity index is 4.33. The Morgan fingerprint density at radius 1 is 0.348 bits per heavy atom. The minimum absolute atomic E-state index is 0.0588. The molecule has 0 N–H and O–H groups in total. The van der Waals surface area contributed by atoms with E-state index < -0.39 is 6.10 Å². The summed E-state index contributed by atoms with van der Waals surface area (Å²) in [5.74, 6) is -0.449. The zero-order valence-corrected chi connectivity index (χ0v) is 43.2. The minimum Gasteiger partial charge on any atom is -0.462 e. The lowest BCUT2D eigenvalue weighted by Crippen LogP contribution is -2.30. The first-order valence-corrected chi connectivity index (χ1v) is 27.4. The van der Waals surface area contributed by atoms with Gasteiger partial charge in [-0.3, -0.25) is 9.59 Å². The van der Waals surface area contributed by atoms with Crippen molar-refractivity contribution >= 4 is 11.9 Å². The van der Waals surface area contributed by atoms with Crippen LogP contribution in [0.4, 0.5) is 0 Å². The van der Waals surface area contributed by atoms with Gasteiger partial charge in [-0.1, -0.05) is 214 Å². The second-order valence-corrected chi connectivity index (χ2v) is 17.7. The topological polar surface area (TPSA) is 61.8 Å². The monoisotopic (exact) mass is 915 g/mol. The van der Waals surface area contributed by atoms with E-state index in [1.165, 1.54) is 89.9 Å². The van der Waals surface area contributed by atoms with E-state index in [2.05, 4.69) is 130 Å². The highest BCUT2D eigenvalue weighted by Crippen LogP contribution is 2.13. The molecule has 5 nitrogen and oxygen atoms in total. The van der Waals surface area contributed by atoms with Gasteiger partial charge >= 0.3 is 11.9 Å². The van der Waals surface area contributed by atoms with E-state index in [9.17, 15) is 9.59 Å². The molecule has 0 aliphatic heterocycles. The maximum Gasteiger partial charge on any atom is 0.306 e. The second-order valence-electron chi connectivity index (χ2n) is 17.7. The molecule has 5 heteroatoms. The van der Waals surface area contributed by atoms with Gasteiger partial charge in [0.15, 0.2) is 6.10 Å². The van der Waals surface area contributed by atoms with Crippen molar-refractivity contribution in [3.63, 3.8) is 0 Å². The van der Waals surface area contributed by atoms with Gasteiger partial charge in [0, 0.05) is 19.4 Å². The summed E-state index contributed by atoms with van der Waals surface area (Å²) in [6.07, 6.45) is 76.7. The maximum absolute atomic E-state index is 12.8. The van der Waals surface area contributed by atoms with Crippen molar-refractivity contribution in [1.29, 1.82) is 0 Å². The standard InChI is InChI=1S/C61H102O5/c1-4-7-10-13-16-19-22-25-27-29-30-31-33-35-38-41-44-47-50-53-56-64-57-59(66-61(63)55-52-49-46-43-40-36-24-21-18-15-12-9-6-3)58-65-60(62)54-51-48-45-42-39-37-34-32-28-26-23-20-17-14-11-8-5-2/h7,9-10,12,16-21,25-28,30-31,36,40,59H,4-6,8,11,13-15,22-24,29,32-35,37-39,41-58H2,1-3H3/b10-7-,12-9-,19-16-,20-17-,21-18-,27-25-,28-26-,31-30-,40-36-. The highest BCUT2D eigenvalue weighted by molar-refractivity contribution is 5.70. The summed E-state index contributed by atoms with van der Waals surface area (Å²) in [6, 6.07) is 0. The molecule has 0 amide bonds. The molecule has 376 valence electrons. The molecule has 0 aromatic heterocycles. The predicted octanol–water partition coefficient (Wildman–Crippen LogP) is 18.8. The molecular weight excluding hydrogens is 813 g/mol. The van der Waals surface area contributed by atoms with E-state index in [4.69, 9.17) is 14.2 Å². The third-order valence-electron chi connectivity index (χ3n) is 11.3. The molecular formula is C61H102O5. The van der Waals surface area contributed by atoms with Crippen LogP contribution in [0.3, 0.4) is 0 Å². The van der Waals surface area contributed by atoms with E-state index in [1.54, 1.807) is 0 Å². The Hall–Kier alpha value is -3.44. The molecule has 0 spiro atoms. The Labute approximate surface area is 408 Å². The van der Waals surface area contributed by atoms with Crippen molar-refractivity contribution in [2.75, 3.05) is 19.8 Å². The molecule has 1 atom stereocenters. The van der Waals surface area contributed by atoms with Gasteiger partial charge in [-0.25, -0.2) is 0 Å². The molecule has 1 unspecified atom stereocenters. The summed E-state index contributed by atoms with van der Waals surface area (Å²) < 4.78 is 17.4. The molecule has 0 aromatic carbocycles. The van der Waals surface area contributed by atoms with Crippen LogP contribution in [0.5, 0.6) is 0 Å². The van der Waals surface area contributed by atoms with Crippen molar-refractivity contribution in [3.8, 4) is 0 Å². The number of hydrogen-bond donors (Lipinski definition) is 0. The summed E-state index contributed by atoms with van der Waals surface area (Å²) in [5, 5.41) is 0. The van der Waals surface area contributed by atoms with Crippen LogP contribution in [0.2, 0.25) is 0 Å². The first kappa shape index (κ1) is 62.6. The van der Waals surface area contributed by atoms with Crippen LogP contribution in [-0.4, -0.2) is 37.9 Å². The second kappa shape index (κ2) is 55.9. The maximum atomic E-state index is 12.8. The largest absolute Gasteiger partial charge is 0.462 e. The van der Waals surface area contributed by atoms with Gasteiger partial charge in [0.1, 0.15) is 6.61 Å². The third-order valence-corrected chi connectivity index (χ3v) is 11.3. The van der Waals surface area contributed by atoms with Gasteiger partial charge in [-0.2, -0.15) is 0 Å². The Morgan fingerprint density at radius 2 is 0.682 bits per heavy atom. The molecule has 0 saturated carbocycles. The molecule has 0 aliphatic rings. The van der Waals surface area contributed by atoms with Crippen molar-refractivity contribution < 1.29 is 23.8 Å². The number of rotatable bonds is 49. The molecule has 0 bridgehead atoms. The summed E-state index contributed by atoms with van der Waals surface area (Å²) in [4.78, 5) is 25.4. The van der Waals surface area contributed by atoms with Gasteiger partial charge in [0.2, 0.25) is 0 Å². The number of unbranched alkanes of at least 4 members (excludes halogenated alkanes) is 20. The van der Waals surface area contributed by atoms with Crippen molar-refractivity contribution in [1.82, 2.24) is 0 Å². The van der Waals surface area contributed by atoms with E-state index >= 15 is 0 Å². The summed E-state index contributed by atoms with van der Waals surface area (Å²) in [6.45, 7) is 7.51. The lowest BCUT2D eigenvalue weighted by molar-refractivity contribution is -0.163. The molecule has 0 aliphatic carbocycles. The minimum atomic E-state index is -0.568. The lowest BCUT2D eigenvalue weighted by atomic mass is 10.1. The van der Waals surface area contributed by atoms with Crippen LogP contribution in [0.15, 0.2) is 109 Å². The molecule has 66 heavy (non-hydrogen) atoms. The zero-order chi connectivity index (χ0) is 47.7. The van der Waals surface area contributed by atoms with Crippen LogP contribution >= 0.6 is 0 Å². The van der Waals surface area contributed by atoms with Crippen LogP contribution in [0.25, 0.3) is 0 Å². The van der Waals surface area contributed by atoms with Crippen molar-refractivity contribution in [2.24, 2.45) is 0 Å². The normalized spacial score (nSPS) is 13.1. The van der Waals surface area contributed by atoms with Gasteiger partial charge in [-0.05, 0) is 122 Å². The summed E-state index contributed by atoms with van der Waals surface area (Å²) >= 11 is 0. The molecule has 0 rings (SSSR count). The number of carbonyl (C=O) groups is 2. The van der Waals surface area contributed by atoms with Gasteiger partial charge in [0.25, 0.3) is 0 Å². The fourth-order valence-corrected chi connectivity index (χ4v) is 7.25. The van der Waals surface area contributed by atoms with Crippen LogP contribution in [-0.2, 0) is 23.8 Å². The number of ether oxygens (including phenoxy) is 3. The fraction of sp³-hybridized carbons (Fsp3) is 0.672. The average molecular weight is 915 g/mol. The van der Waals surface area contributed by atoms with Crippen molar-refractivity contribution in [2.45, 2.75) is 245 Å². The van der Waals surface area contributed by atoms with Crippen LogP contribution in [0, 0.1) is 0 Å². The summed E-state index contributed by atoms with van der Waals surface area (Å²) in [5.41, 5.74) is 0. The Bertz CT molecular complexity index is 1310. The number of hydrogen-bond acceptors (Lipinski definition) is 5. The SMILES string of the molecule is CC/C=C\C/C=C\C/C=C\C/C=C\CCCCCCCCCOCC(COC(=O)CCCCCCCCC/C=C\C/C=C\CCCCC)OC(=O)CCCCC/C=C\C/C=C\C/C=C\CC. The highest BCUT2D eigenvalue weighted by Gasteiger charge is 2.17. The zero-order valence-electron chi connectivity index (χ0n) is 43.2. The number of esters is 2. The molecule has 0 saturated heterocycles. The first-order valence-electron chi connectivity index (χ1n) is 27.4. The van der Waals surface area contributed by atoms with E-state index in [-0.39, 0.29) is 25.2 Å². The van der Waals surface area contributed by atoms with E-state index in [1.807, 2.05) is 0 Å². The first-order chi connectivity index (χ1) is 32.6. The Kier molecular flexibility index (Phi) is 53.0. The number of carbonyl (C=O) groups excluding carboxylic acids is 2. The summed E-state index contributed by atoms with van der Waals surface area (Å²) in [7, 11) is 0. The fourth-order valence-electron chi connectivity index (χ4n) is 7.25. The van der Waals surface area contributed by atoms with Crippen molar-refractivity contribution in [3.05, 3.63) is 109 Å². The Morgan fingerprint density at radius 3 is 1.11 bits per heavy atom. The molecule has 0 radical (unpaired) electrons.